The lowest BCUT2D eigenvalue weighted by atomic mass is 10.0. The van der Waals surface area contributed by atoms with Gasteiger partial charge in [0.25, 0.3) is 0 Å². The zero-order chi connectivity index (χ0) is 68.8. The second-order valence-electron chi connectivity index (χ2n) is 23.3. The number of halogens is 5. The van der Waals surface area contributed by atoms with E-state index in [4.69, 9.17) is 61.8 Å². The summed E-state index contributed by atoms with van der Waals surface area (Å²) in [5, 5.41) is 50.4. The number of aryl methyl sites for hydroxylation is 8. The normalized spacial score (nSPS) is 12.5. The first-order valence-corrected chi connectivity index (χ1v) is 31.4. The number of phenolic OH excluding ortho intramolecular Hbond substituents is 3. The third-order valence-corrected chi connectivity index (χ3v) is 15.0. The Hall–Kier alpha value is -7.46. The minimum atomic E-state index is -1.15. The van der Waals surface area contributed by atoms with E-state index in [9.17, 15) is 48.9 Å². The van der Waals surface area contributed by atoms with E-state index in [2.05, 4.69) is 21.3 Å². The van der Waals surface area contributed by atoms with Crippen molar-refractivity contribution in [2.45, 2.75) is 175 Å². The van der Waals surface area contributed by atoms with Gasteiger partial charge in [-0.15, -0.1) is 24.8 Å². The quantitative estimate of drug-likeness (QED) is 0.0240. The third-order valence-electron chi connectivity index (χ3n) is 14.4. The van der Waals surface area contributed by atoms with Gasteiger partial charge in [0.2, 0.25) is 17.7 Å². The molecule has 6 aromatic carbocycles. The van der Waals surface area contributed by atoms with E-state index in [1.54, 1.807) is 91.8 Å². The number of rotatable bonds is 26. The number of nitrogens with one attached hydrogen (secondary N) is 4. The van der Waals surface area contributed by atoms with Crippen molar-refractivity contribution in [3.8, 4) is 17.2 Å². The molecular weight excluding hydrogens is 1310 g/mol. The number of aromatic hydroxyl groups is 3. The van der Waals surface area contributed by atoms with Crippen LogP contribution in [0.3, 0.4) is 0 Å². The zero-order valence-corrected chi connectivity index (χ0v) is 58.5. The fourth-order valence-corrected chi connectivity index (χ4v) is 9.83. The molecular formula is C70H92Cl5N7O12. The van der Waals surface area contributed by atoms with Crippen LogP contribution in [-0.4, -0.2) is 104 Å². The summed E-state index contributed by atoms with van der Waals surface area (Å²) in [6, 6.07) is 34.6. The Morgan fingerprint density at radius 1 is 0.479 bits per heavy atom. The first kappa shape index (κ1) is 84.6. The molecule has 4 amide bonds. The number of carboxylic acids is 1. The van der Waals surface area contributed by atoms with Gasteiger partial charge < -0.3 is 63.6 Å². The van der Waals surface area contributed by atoms with Crippen LogP contribution in [0.25, 0.3) is 0 Å². The molecule has 514 valence electrons. The molecule has 6 aromatic rings. The molecule has 0 radical (unpaired) electrons. The van der Waals surface area contributed by atoms with Crippen molar-refractivity contribution in [2.24, 2.45) is 17.2 Å². The number of carbonyl (C=O) groups is 7. The molecule has 0 aliphatic rings. The fourth-order valence-electron chi connectivity index (χ4n) is 8.95. The van der Waals surface area contributed by atoms with Gasteiger partial charge in [-0.05, 0) is 195 Å². The summed E-state index contributed by atoms with van der Waals surface area (Å²) in [7, 11) is 0. The monoisotopic (exact) mass is 1400 g/mol. The summed E-state index contributed by atoms with van der Waals surface area (Å²) in [6.07, 6.45) is 3.65. The largest absolute Gasteiger partial charge is 0.507 e. The van der Waals surface area contributed by atoms with Crippen LogP contribution < -0.4 is 38.5 Å². The first-order chi connectivity index (χ1) is 43.3. The van der Waals surface area contributed by atoms with Crippen molar-refractivity contribution in [2.75, 3.05) is 0 Å². The smallest absolute Gasteiger partial charge is 0.408 e. The van der Waals surface area contributed by atoms with E-state index in [1.807, 2.05) is 91.0 Å². The maximum atomic E-state index is 12.4. The molecule has 0 aromatic heterocycles. The average Bonchev–Trinajstić information content (AvgIpc) is 0.912. The molecule has 0 bridgehead atoms. The van der Waals surface area contributed by atoms with Crippen LogP contribution in [0.2, 0.25) is 15.1 Å². The summed E-state index contributed by atoms with van der Waals surface area (Å²) in [6.45, 7) is 15.4. The Kier molecular flexibility index (Phi) is 38.5. The van der Waals surface area contributed by atoms with Crippen LogP contribution in [0.4, 0.5) is 4.79 Å². The van der Waals surface area contributed by atoms with Crippen molar-refractivity contribution < 1.29 is 58.7 Å². The highest BCUT2D eigenvalue weighted by molar-refractivity contribution is 6.31. The maximum Gasteiger partial charge on any atom is 0.408 e. The molecule has 94 heavy (non-hydrogen) atoms. The van der Waals surface area contributed by atoms with Gasteiger partial charge in [0.15, 0.2) is 11.6 Å². The van der Waals surface area contributed by atoms with Crippen molar-refractivity contribution in [3.63, 3.8) is 0 Å². The number of Topliss-reactive ketones (excluding diaryl/α,β-unsaturated/α-hetero) is 2. The Morgan fingerprint density at radius 2 is 0.798 bits per heavy atom. The second kappa shape index (κ2) is 42.8. The fraction of sp³-hybridized carbons (Fsp3) is 0.386. The molecule has 0 saturated heterocycles. The van der Waals surface area contributed by atoms with Gasteiger partial charge in [-0.1, -0.05) is 126 Å². The topological polar surface area (TPSA) is 336 Å². The molecule has 6 rings (SSSR count). The van der Waals surface area contributed by atoms with Gasteiger partial charge in [-0.3, -0.25) is 28.8 Å². The molecule has 0 heterocycles. The summed E-state index contributed by atoms with van der Waals surface area (Å²) >= 11 is 17.8. The summed E-state index contributed by atoms with van der Waals surface area (Å²) in [5.41, 5.74) is 23.9. The number of benzene rings is 6. The summed E-state index contributed by atoms with van der Waals surface area (Å²) < 4.78 is 5.18. The van der Waals surface area contributed by atoms with Gasteiger partial charge in [0.05, 0.1) is 24.2 Å². The standard InChI is InChI=1S/2C22H27ClN2O3.C18H26N2O5.C8H10ClNO.2ClH/c2*1-14-12-18(23)13-17(21(14)27)9-11-20(26)15(2)25-22(28)19(24)10-8-16-6-4-3-5-7-16;1-12(16(22)23)19-15(21)14(20-17(24)25-18(2,3)4)11-10-13-8-6-5-7-9-13;1-5-2-7(9)3-6(4-10)8(5)11;;/h2*3-7,12-13,15,19,27H,8-11,24H2,1-2H3,(H,25,28);5-9,12,14H,10-11H2,1-4H3,(H,19,21)(H,20,24)(H,22,23);2-3,11H,4,10H2,1H3;2*1H/t2*15-,19+;12-,14+;;;/m000.../s1. The molecule has 24 heteroatoms. The lowest BCUT2D eigenvalue weighted by Gasteiger charge is -2.24. The van der Waals surface area contributed by atoms with E-state index in [1.165, 1.54) is 6.92 Å². The van der Waals surface area contributed by atoms with Crippen LogP contribution in [0, 0.1) is 20.8 Å². The number of ether oxygens (including phenoxy) is 1. The van der Waals surface area contributed by atoms with E-state index in [0.717, 1.165) is 22.3 Å². The highest BCUT2D eigenvalue weighted by Gasteiger charge is 2.27. The van der Waals surface area contributed by atoms with Crippen molar-refractivity contribution in [1.82, 2.24) is 21.3 Å². The van der Waals surface area contributed by atoms with E-state index in [0.29, 0.717) is 101 Å². The van der Waals surface area contributed by atoms with Crippen LogP contribution in [-0.2, 0) is 72.2 Å². The molecule has 0 aliphatic heterocycles. The van der Waals surface area contributed by atoms with Crippen LogP contribution >= 0.6 is 59.6 Å². The predicted molar refractivity (Wildman–Crippen MR) is 376 cm³/mol. The highest BCUT2D eigenvalue weighted by Crippen LogP contribution is 2.29. The van der Waals surface area contributed by atoms with Crippen LogP contribution in [0.5, 0.6) is 17.2 Å². The Morgan fingerprint density at radius 3 is 1.13 bits per heavy atom. The maximum absolute atomic E-state index is 12.4. The van der Waals surface area contributed by atoms with Crippen molar-refractivity contribution >= 4 is 101 Å². The first-order valence-electron chi connectivity index (χ1n) is 30.2. The molecule has 0 unspecified atom stereocenters. The summed E-state index contributed by atoms with van der Waals surface area (Å²) in [4.78, 5) is 84.5. The number of amides is 4. The molecule has 6 atom stereocenters. The number of carbonyl (C=O) groups excluding carboxylic acids is 6. The number of phenols is 3. The van der Waals surface area contributed by atoms with Crippen LogP contribution in [0.15, 0.2) is 127 Å². The summed E-state index contributed by atoms with van der Waals surface area (Å²) in [5.74, 6) is -2.08. The molecule has 14 N–H and O–H groups in total. The minimum Gasteiger partial charge on any atom is -0.507 e. The zero-order valence-electron chi connectivity index (χ0n) is 54.6. The third kappa shape index (κ3) is 31.6. The number of hydrogen-bond acceptors (Lipinski definition) is 14. The second-order valence-corrected chi connectivity index (χ2v) is 24.7. The number of aliphatic carboxylic acids is 1. The Labute approximate surface area is 579 Å². The number of carboxylic acid groups (broad SMARTS) is 1. The SMILES string of the molecule is C[C@H](NC(=O)[C@@H](CCc1ccccc1)NC(=O)OC(C)(C)C)C(=O)O.Cc1cc(Cl)cc(CCC(=O)[C@H](C)NC(=O)[C@H](N)CCc2ccccc2)c1O.Cc1cc(Cl)cc(CCC(=O)[C@H](C)NC(=O)[C@H](N)CCc2ccccc2)c1O.Cc1cc(Cl)cc(CN)c1O.Cl.Cl. The van der Waals surface area contributed by atoms with E-state index >= 15 is 0 Å². The van der Waals surface area contributed by atoms with E-state index in [-0.39, 0.29) is 78.3 Å². The number of ketones is 2. The number of nitrogens with two attached hydrogens (primary N) is 3. The molecule has 19 nitrogen and oxygen atoms in total. The molecule has 0 aliphatic carbocycles. The molecule has 0 spiro atoms. The molecule has 0 fully saturated rings. The van der Waals surface area contributed by atoms with Crippen molar-refractivity contribution in [3.05, 3.63) is 193 Å². The lowest BCUT2D eigenvalue weighted by molar-refractivity contribution is -0.141. The Balaban J connectivity index is 0.000000646. The minimum absolute atomic E-state index is 0. The number of alkyl carbamates (subject to hydrolysis) is 1. The van der Waals surface area contributed by atoms with Gasteiger partial charge >= 0.3 is 12.1 Å². The van der Waals surface area contributed by atoms with Gasteiger partial charge in [-0.2, -0.15) is 0 Å². The highest BCUT2D eigenvalue weighted by atomic mass is 35.5. The predicted octanol–water partition coefficient (Wildman–Crippen LogP) is 11.4. The van der Waals surface area contributed by atoms with Gasteiger partial charge in [-0.25, -0.2) is 4.79 Å². The lowest BCUT2D eigenvalue weighted by Crippen LogP contribution is -2.51. The van der Waals surface area contributed by atoms with E-state index < -0.39 is 59.8 Å². The van der Waals surface area contributed by atoms with Crippen LogP contribution in [0.1, 0.15) is 124 Å². The molecule has 0 saturated carbocycles. The van der Waals surface area contributed by atoms with Gasteiger partial charge in [0.1, 0.15) is 34.9 Å². The average molecular weight is 1400 g/mol. The van der Waals surface area contributed by atoms with Crippen molar-refractivity contribution in [1.29, 1.82) is 0 Å². The number of hydrogen-bond donors (Lipinski definition) is 11. The van der Waals surface area contributed by atoms with Gasteiger partial charge in [0, 0.05) is 40.0 Å². The Bertz CT molecular complexity index is 3240.